The molecule has 1 aliphatic heterocycles. The molecule has 2 N–H and O–H groups in total. The first-order valence-corrected chi connectivity index (χ1v) is 8.11. The molecule has 0 unspecified atom stereocenters. The molecule has 7 nitrogen and oxygen atoms in total. The first-order valence-electron chi connectivity index (χ1n) is 7.73. The number of amides is 1. The number of hydrogen-bond donors (Lipinski definition) is 2. The number of ether oxygens (including phenoxy) is 2. The molecule has 1 aliphatic rings. The van der Waals surface area contributed by atoms with Crippen molar-refractivity contribution >= 4 is 34.8 Å². The van der Waals surface area contributed by atoms with Crippen LogP contribution in [-0.2, 0) is 0 Å². The quantitative estimate of drug-likeness (QED) is 0.727. The number of aromatic nitrogens is 2. The third-order valence-corrected chi connectivity index (χ3v) is 3.90. The van der Waals surface area contributed by atoms with Crippen molar-refractivity contribution < 1.29 is 14.3 Å². The van der Waals surface area contributed by atoms with Crippen molar-refractivity contribution in [2.75, 3.05) is 17.4 Å². The Kier molecular flexibility index (Phi) is 4.28. The highest BCUT2D eigenvalue weighted by molar-refractivity contribution is 6.30. The minimum atomic E-state index is -0.304. The lowest BCUT2D eigenvalue weighted by atomic mass is 10.2. The number of carbonyl (C=O) groups excluding carboxylic acids is 1. The first-order chi connectivity index (χ1) is 12.7. The third kappa shape index (κ3) is 3.52. The van der Waals surface area contributed by atoms with Gasteiger partial charge in [0.2, 0.25) is 12.7 Å². The highest BCUT2D eigenvalue weighted by Crippen LogP contribution is 2.34. The minimum Gasteiger partial charge on any atom is -0.454 e. The van der Waals surface area contributed by atoms with Gasteiger partial charge in [0.05, 0.1) is 5.56 Å². The summed E-state index contributed by atoms with van der Waals surface area (Å²) in [6, 6.07) is 12.3. The number of carbonyl (C=O) groups is 1. The number of fused-ring (bicyclic) bond motifs is 1. The highest BCUT2D eigenvalue weighted by Gasteiger charge is 2.14. The van der Waals surface area contributed by atoms with E-state index in [-0.39, 0.29) is 12.7 Å². The summed E-state index contributed by atoms with van der Waals surface area (Å²) in [5.41, 5.74) is 1.74. The molecule has 0 fully saturated rings. The van der Waals surface area contributed by atoms with Crippen LogP contribution in [0.4, 0.5) is 17.3 Å². The van der Waals surface area contributed by atoms with Crippen LogP contribution in [0.3, 0.4) is 0 Å². The van der Waals surface area contributed by atoms with Crippen LogP contribution in [0.1, 0.15) is 10.4 Å². The van der Waals surface area contributed by atoms with E-state index in [2.05, 4.69) is 20.6 Å². The van der Waals surface area contributed by atoms with Gasteiger partial charge in [-0.1, -0.05) is 11.6 Å². The van der Waals surface area contributed by atoms with Crippen molar-refractivity contribution in [3.63, 3.8) is 0 Å². The second-order valence-electron chi connectivity index (χ2n) is 5.45. The zero-order chi connectivity index (χ0) is 17.9. The van der Waals surface area contributed by atoms with Gasteiger partial charge in [-0.3, -0.25) is 4.79 Å². The molecule has 0 bridgehead atoms. The molecule has 8 heteroatoms. The Hall–Kier alpha value is -3.32. The van der Waals surface area contributed by atoms with Crippen LogP contribution >= 0.6 is 11.6 Å². The van der Waals surface area contributed by atoms with E-state index in [0.717, 1.165) is 5.69 Å². The van der Waals surface area contributed by atoms with Crippen LogP contribution in [0.2, 0.25) is 5.02 Å². The molecule has 1 aromatic heterocycles. The number of nitrogens with zero attached hydrogens (tertiary/aromatic N) is 2. The molecule has 2 aromatic carbocycles. The Labute approximate surface area is 154 Å². The summed E-state index contributed by atoms with van der Waals surface area (Å²) >= 11 is 5.83. The van der Waals surface area contributed by atoms with Gasteiger partial charge >= 0.3 is 0 Å². The van der Waals surface area contributed by atoms with Crippen molar-refractivity contribution in [2.24, 2.45) is 0 Å². The molecule has 26 heavy (non-hydrogen) atoms. The lowest BCUT2D eigenvalue weighted by Gasteiger charge is -2.07. The molecule has 130 valence electrons. The fourth-order valence-electron chi connectivity index (χ4n) is 2.35. The lowest BCUT2D eigenvalue weighted by molar-refractivity contribution is 0.102. The van der Waals surface area contributed by atoms with Gasteiger partial charge in [0.25, 0.3) is 5.91 Å². The predicted octanol–water partition coefficient (Wildman–Crippen LogP) is 3.85. The topological polar surface area (TPSA) is 85.4 Å². The number of anilines is 3. The standard InChI is InChI=1S/C18H13ClN4O3/c19-12-1-3-13(4-2-12)22-17(24)11-8-20-18(21-9-11)23-14-5-6-15-16(7-14)26-10-25-15/h1-9H,10H2,(H,22,24)(H,20,21,23). The van der Waals surface area contributed by atoms with Crippen LogP contribution < -0.4 is 20.1 Å². The fourth-order valence-corrected chi connectivity index (χ4v) is 2.48. The monoisotopic (exact) mass is 368 g/mol. The predicted molar refractivity (Wildman–Crippen MR) is 97.3 cm³/mol. The number of halogens is 1. The smallest absolute Gasteiger partial charge is 0.258 e. The van der Waals surface area contributed by atoms with Crippen molar-refractivity contribution in [3.8, 4) is 11.5 Å². The van der Waals surface area contributed by atoms with Crippen LogP contribution in [0.25, 0.3) is 0 Å². The molecule has 4 rings (SSSR count). The fraction of sp³-hybridized carbons (Fsp3) is 0.0556. The summed E-state index contributed by atoms with van der Waals surface area (Å²) in [7, 11) is 0. The molecule has 0 spiro atoms. The van der Waals surface area contributed by atoms with Crippen LogP contribution in [-0.4, -0.2) is 22.7 Å². The Morgan fingerprint density at radius 3 is 2.42 bits per heavy atom. The summed E-state index contributed by atoms with van der Waals surface area (Å²) in [6.45, 7) is 0.215. The maximum atomic E-state index is 12.2. The average molecular weight is 369 g/mol. The Balaban J connectivity index is 1.43. The van der Waals surface area contributed by atoms with Gasteiger partial charge < -0.3 is 20.1 Å². The molecule has 0 radical (unpaired) electrons. The normalized spacial score (nSPS) is 11.9. The van der Waals surface area contributed by atoms with Crippen molar-refractivity contribution in [2.45, 2.75) is 0 Å². The molecule has 0 atom stereocenters. The summed E-state index contributed by atoms with van der Waals surface area (Å²) in [4.78, 5) is 20.6. The Bertz CT molecular complexity index is 946. The molecule has 0 aliphatic carbocycles. The first kappa shape index (κ1) is 16.2. The van der Waals surface area contributed by atoms with Crippen LogP contribution in [0.15, 0.2) is 54.9 Å². The van der Waals surface area contributed by atoms with Gasteiger partial charge in [-0.2, -0.15) is 0 Å². The van der Waals surface area contributed by atoms with Crippen molar-refractivity contribution in [1.29, 1.82) is 0 Å². The number of nitrogens with one attached hydrogen (secondary N) is 2. The van der Waals surface area contributed by atoms with Gasteiger partial charge in [-0.15, -0.1) is 0 Å². The third-order valence-electron chi connectivity index (χ3n) is 3.64. The Morgan fingerprint density at radius 2 is 1.65 bits per heavy atom. The molecule has 2 heterocycles. The second-order valence-corrected chi connectivity index (χ2v) is 5.89. The van der Waals surface area contributed by atoms with E-state index in [9.17, 15) is 4.79 Å². The van der Waals surface area contributed by atoms with Crippen molar-refractivity contribution in [3.05, 3.63) is 65.4 Å². The largest absolute Gasteiger partial charge is 0.454 e. The van der Waals surface area contributed by atoms with Gasteiger partial charge in [0, 0.05) is 34.9 Å². The Morgan fingerprint density at radius 1 is 0.962 bits per heavy atom. The zero-order valence-corrected chi connectivity index (χ0v) is 14.2. The van der Waals surface area contributed by atoms with E-state index in [1.54, 1.807) is 36.4 Å². The van der Waals surface area contributed by atoms with E-state index in [1.807, 2.05) is 6.07 Å². The zero-order valence-electron chi connectivity index (χ0n) is 13.4. The number of benzene rings is 2. The molecule has 0 saturated heterocycles. The average Bonchev–Trinajstić information content (AvgIpc) is 3.12. The van der Waals surface area contributed by atoms with Gasteiger partial charge in [0.1, 0.15) is 0 Å². The summed E-state index contributed by atoms with van der Waals surface area (Å²) < 4.78 is 10.6. The molecular weight excluding hydrogens is 356 g/mol. The molecular formula is C18H13ClN4O3. The van der Waals surface area contributed by atoms with E-state index < -0.39 is 0 Å². The van der Waals surface area contributed by atoms with Gasteiger partial charge in [-0.05, 0) is 36.4 Å². The van der Waals surface area contributed by atoms with E-state index in [1.165, 1.54) is 12.4 Å². The molecule has 0 saturated carbocycles. The molecule has 1 amide bonds. The summed E-state index contributed by atoms with van der Waals surface area (Å²) in [5, 5.41) is 6.41. The lowest BCUT2D eigenvalue weighted by Crippen LogP contribution is -2.13. The maximum absolute atomic E-state index is 12.2. The highest BCUT2D eigenvalue weighted by atomic mass is 35.5. The van der Waals surface area contributed by atoms with E-state index in [0.29, 0.717) is 33.7 Å². The van der Waals surface area contributed by atoms with Crippen LogP contribution in [0, 0.1) is 0 Å². The molecule has 3 aromatic rings. The minimum absolute atomic E-state index is 0.215. The number of hydrogen-bond acceptors (Lipinski definition) is 6. The SMILES string of the molecule is O=C(Nc1ccc(Cl)cc1)c1cnc(Nc2ccc3c(c2)OCO3)nc1. The number of rotatable bonds is 4. The summed E-state index contributed by atoms with van der Waals surface area (Å²) in [6.07, 6.45) is 2.90. The van der Waals surface area contributed by atoms with Crippen LogP contribution in [0.5, 0.6) is 11.5 Å². The van der Waals surface area contributed by atoms with E-state index in [4.69, 9.17) is 21.1 Å². The van der Waals surface area contributed by atoms with Gasteiger partial charge in [0.15, 0.2) is 11.5 Å². The van der Waals surface area contributed by atoms with Crippen molar-refractivity contribution in [1.82, 2.24) is 9.97 Å². The maximum Gasteiger partial charge on any atom is 0.258 e. The second kappa shape index (κ2) is 6.89. The summed E-state index contributed by atoms with van der Waals surface area (Å²) in [5.74, 6) is 1.42. The van der Waals surface area contributed by atoms with E-state index >= 15 is 0 Å². The van der Waals surface area contributed by atoms with Gasteiger partial charge in [-0.25, -0.2) is 9.97 Å².